The second-order valence-electron chi connectivity index (χ2n) is 5.07. The van der Waals surface area contributed by atoms with E-state index in [2.05, 4.69) is 10.3 Å². The number of nitrogens with one attached hydrogen (secondary N) is 1. The number of carboxylic acid groups (broad SMARTS) is 1. The third-order valence-corrected chi connectivity index (χ3v) is 5.20. The van der Waals surface area contributed by atoms with E-state index < -0.39 is 5.97 Å². The maximum Gasteiger partial charge on any atom is 0.306 e. The molecule has 1 aliphatic rings. The monoisotopic (exact) mass is 322 g/mol. The molecule has 0 bridgehead atoms. The minimum absolute atomic E-state index is 0.0649. The maximum atomic E-state index is 12.1. The van der Waals surface area contributed by atoms with Crippen molar-refractivity contribution in [1.29, 1.82) is 0 Å². The van der Waals surface area contributed by atoms with Crippen LogP contribution in [0.3, 0.4) is 0 Å². The molecule has 1 amide bonds. The van der Waals surface area contributed by atoms with Crippen molar-refractivity contribution < 1.29 is 14.7 Å². The number of thiophene rings is 1. The highest BCUT2D eigenvalue weighted by Crippen LogP contribution is 2.27. The Morgan fingerprint density at radius 1 is 1.33 bits per heavy atom. The average molecular weight is 322 g/mol. The lowest BCUT2D eigenvalue weighted by molar-refractivity contribution is -0.141. The van der Waals surface area contributed by atoms with Gasteiger partial charge in [0.2, 0.25) is 0 Å². The molecule has 1 fully saturated rings. The molecule has 0 aliphatic heterocycles. The van der Waals surface area contributed by atoms with Crippen LogP contribution in [-0.2, 0) is 4.79 Å². The van der Waals surface area contributed by atoms with E-state index in [1.165, 1.54) is 11.3 Å². The van der Waals surface area contributed by atoms with E-state index in [4.69, 9.17) is 5.11 Å². The normalized spacial score (nSPS) is 21.3. The van der Waals surface area contributed by atoms with Gasteiger partial charge in [0.1, 0.15) is 10.7 Å². The summed E-state index contributed by atoms with van der Waals surface area (Å²) in [6.45, 7) is 0. The first kappa shape index (κ1) is 14.2. The number of hydrogen-bond donors (Lipinski definition) is 2. The molecule has 0 spiro atoms. The van der Waals surface area contributed by atoms with Gasteiger partial charge in [0.25, 0.3) is 5.91 Å². The fourth-order valence-electron chi connectivity index (χ4n) is 2.49. The molecule has 1 saturated carbocycles. The molecule has 0 saturated heterocycles. The van der Waals surface area contributed by atoms with Crippen LogP contribution in [0.5, 0.6) is 0 Å². The van der Waals surface area contributed by atoms with Gasteiger partial charge in [0.05, 0.1) is 5.92 Å². The molecule has 5 nitrogen and oxygen atoms in total. The van der Waals surface area contributed by atoms with E-state index in [-0.39, 0.29) is 17.9 Å². The van der Waals surface area contributed by atoms with Gasteiger partial charge in [0, 0.05) is 22.4 Å². The summed E-state index contributed by atoms with van der Waals surface area (Å²) in [4.78, 5) is 27.4. The number of amides is 1. The van der Waals surface area contributed by atoms with E-state index in [9.17, 15) is 9.59 Å². The fourth-order valence-corrected chi connectivity index (χ4v) is 4.01. The predicted octanol–water partition coefficient (Wildman–Crippen LogP) is 2.85. The number of carbonyl (C=O) groups excluding carboxylic acids is 1. The first-order valence-corrected chi connectivity index (χ1v) is 8.47. The number of carboxylic acids is 1. The minimum Gasteiger partial charge on any atom is -0.481 e. The Hall–Kier alpha value is -1.73. The van der Waals surface area contributed by atoms with E-state index >= 15 is 0 Å². The van der Waals surface area contributed by atoms with Gasteiger partial charge in [-0.25, -0.2) is 4.98 Å². The lowest BCUT2D eigenvalue weighted by atomic mass is 10.1. The summed E-state index contributed by atoms with van der Waals surface area (Å²) < 4.78 is 0. The van der Waals surface area contributed by atoms with Crippen LogP contribution in [0.15, 0.2) is 22.2 Å². The Kier molecular flexibility index (Phi) is 4.03. The lowest BCUT2D eigenvalue weighted by Gasteiger charge is -2.10. The molecule has 1 aliphatic carbocycles. The van der Waals surface area contributed by atoms with Crippen molar-refractivity contribution in [2.24, 2.45) is 5.92 Å². The summed E-state index contributed by atoms with van der Waals surface area (Å²) in [5, 5.41) is 18.4. The van der Waals surface area contributed by atoms with Crippen LogP contribution in [0.4, 0.5) is 0 Å². The van der Waals surface area contributed by atoms with Gasteiger partial charge < -0.3 is 10.4 Å². The van der Waals surface area contributed by atoms with Crippen LogP contribution in [-0.4, -0.2) is 28.0 Å². The topological polar surface area (TPSA) is 79.3 Å². The first-order chi connectivity index (χ1) is 10.1. The number of nitrogens with zero attached hydrogens (tertiary/aromatic N) is 1. The molecule has 21 heavy (non-hydrogen) atoms. The standard InChI is InChI=1S/C14H14N2O3S2/c17-12(15-10-2-1-8(5-10)14(18)19)11-7-21-13(16-11)9-3-4-20-6-9/h3-4,6-8,10H,1-2,5H2,(H,15,17)(H,18,19)/t8-,10+/m1/s1. The molecule has 0 radical (unpaired) electrons. The number of rotatable bonds is 4. The van der Waals surface area contributed by atoms with Crippen LogP contribution in [0, 0.1) is 5.92 Å². The quantitative estimate of drug-likeness (QED) is 0.907. The van der Waals surface area contributed by atoms with E-state index in [1.54, 1.807) is 16.7 Å². The number of thiazole rings is 1. The zero-order valence-corrected chi connectivity index (χ0v) is 12.7. The van der Waals surface area contributed by atoms with E-state index in [0.717, 1.165) is 10.6 Å². The number of carbonyl (C=O) groups is 2. The van der Waals surface area contributed by atoms with Crippen molar-refractivity contribution in [1.82, 2.24) is 10.3 Å². The van der Waals surface area contributed by atoms with E-state index in [0.29, 0.717) is 25.0 Å². The summed E-state index contributed by atoms with van der Waals surface area (Å²) in [5.74, 6) is -1.34. The van der Waals surface area contributed by atoms with Gasteiger partial charge in [-0.15, -0.1) is 11.3 Å². The molecule has 110 valence electrons. The Balaban J connectivity index is 1.63. The number of hydrogen-bond acceptors (Lipinski definition) is 5. The molecule has 7 heteroatoms. The van der Waals surface area contributed by atoms with Crippen LogP contribution >= 0.6 is 22.7 Å². The molecule has 2 heterocycles. The summed E-state index contributed by atoms with van der Waals surface area (Å²) >= 11 is 3.03. The smallest absolute Gasteiger partial charge is 0.306 e. The molecular formula is C14H14N2O3S2. The second-order valence-corrected chi connectivity index (χ2v) is 6.71. The Labute approximate surface area is 129 Å². The highest BCUT2D eigenvalue weighted by Gasteiger charge is 2.31. The average Bonchev–Trinajstić information content (AvgIpc) is 3.19. The molecule has 3 rings (SSSR count). The number of aliphatic carboxylic acids is 1. The number of aromatic nitrogens is 1. The summed E-state index contributed by atoms with van der Waals surface area (Å²) in [5.41, 5.74) is 1.43. The lowest BCUT2D eigenvalue weighted by Crippen LogP contribution is -2.33. The highest BCUT2D eigenvalue weighted by atomic mass is 32.1. The molecule has 2 atom stereocenters. The zero-order valence-electron chi connectivity index (χ0n) is 11.1. The van der Waals surface area contributed by atoms with Gasteiger partial charge in [-0.05, 0) is 30.7 Å². The van der Waals surface area contributed by atoms with Crippen molar-refractivity contribution in [3.8, 4) is 10.6 Å². The Morgan fingerprint density at radius 3 is 2.86 bits per heavy atom. The van der Waals surface area contributed by atoms with E-state index in [1.807, 2.05) is 16.8 Å². The minimum atomic E-state index is -0.778. The third-order valence-electron chi connectivity index (χ3n) is 3.62. The largest absolute Gasteiger partial charge is 0.481 e. The first-order valence-electron chi connectivity index (χ1n) is 6.65. The maximum absolute atomic E-state index is 12.1. The highest BCUT2D eigenvalue weighted by molar-refractivity contribution is 7.14. The van der Waals surface area contributed by atoms with Crippen LogP contribution in [0.2, 0.25) is 0 Å². The molecule has 0 unspecified atom stereocenters. The van der Waals surface area contributed by atoms with Crippen molar-refractivity contribution in [3.05, 3.63) is 27.9 Å². The summed E-state index contributed by atoms with van der Waals surface area (Å²) in [6.07, 6.45) is 1.84. The summed E-state index contributed by atoms with van der Waals surface area (Å²) in [6, 6.07) is 1.91. The van der Waals surface area contributed by atoms with Crippen LogP contribution in [0.25, 0.3) is 10.6 Å². The Morgan fingerprint density at radius 2 is 2.19 bits per heavy atom. The third kappa shape index (κ3) is 3.14. The van der Waals surface area contributed by atoms with Crippen LogP contribution < -0.4 is 5.32 Å². The van der Waals surface area contributed by atoms with Gasteiger partial charge in [-0.2, -0.15) is 11.3 Å². The molecular weight excluding hydrogens is 308 g/mol. The Bertz CT molecular complexity index is 651. The second kappa shape index (κ2) is 5.95. The van der Waals surface area contributed by atoms with Crippen molar-refractivity contribution in [2.45, 2.75) is 25.3 Å². The van der Waals surface area contributed by atoms with Gasteiger partial charge in [-0.3, -0.25) is 9.59 Å². The van der Waals surface area contributed by atoms with Crippen molar-refractivity contribution in [2.75, 3.05) is 0 Å². The summed E-state index contributed by atoms with van der Waals surface area (Å²) in [7, 11) is 0. The van der Waals surface area contributed by atoms with Gasteiger partial charge in [-0.1, -0.05) is 0 Å². The van der Waals surface area contributed by atoms with Crippen molar-refractivity contribution in [3.63, 3.8) is 0 Å². The molecule has 0 aromatic carbocycles. The van der Waals surface area contributed by atoms with Gasteiger partial charge in [0.15, 0.2) is 0 Å². The van der Waals surface area contributed by atoms with Gasteiger partial charge >= 0.3 is 5.97 Å². The fraction of sp³-hybridized carbons (Fsp3) is 0.357. The zero-order chi connectivity index (χ0) is 14.8. The van der Waals surface area contributed by atoms with Crippen molar-refractivity contribution >= 4 is 34.6 Å². The van der Waals surface area contributed by atoms with Crippen LogP contribution in [0.1, 0.15) is 29.8 Å². The molecule has 2 aromatic rings. The molecule has 2 N–H and O–H groups in total. The molecule has 2 aromatic heterocycles. The predicted molar refractivity (Wildman–Crippen MR) is 81.7 cm³/mol. The SMILES string of the molecule is O=C(N[C@H]1CC[C@@H](C(=O)O)C1)c1csc(-c2ccsc2)n1.